The number of hydrogen-bond acceptors (Lipinski definition) is 3. The molecular formula is C19H30BNO4. The van der Waals surface area contributed by atoms with Crippen molar-refractivity contribution in [3.63, 3.8) is 0 Å². The zero-order chi connectivity index (χ0) is 19.2. The van der Waals surface area contributed by atoms with Crippen molar-refractivity contribution in [3.8, 4) is 0 Å². The first-order chi connectivity index (χ1) is 11.2. The molecule has 5 nitrogen and oxygen atoms in total. The lowest BCUT2D eigenvalue weighted by molar-refractivity contribution is 0.00578. The molecule has 0 atom stereocenters. The number of amides is 1. The Morgan fingerprint density at radius 1 is 1.16 bits per heavy atom. The molecule has 2 rings (SSSR count). The summed E-state index contributed by atoms with van der Waals surface area (Å²) in [6.07, 6.45) is -0.915. The lowest BCUT2D eigenvalue weighted by Crippen LogP contribution is -2.44. The highest BCUT2D eigenvalue weighted by atomic mass is 16.7. The van der Waals surface area contributed by atoms with Crippen LogP contribution in [0.4, 0.5) is 4.79 Å². The summed E-state index contributed by atoms with van der Waals surface area (Å²) in [5, 5.41) is 9.49. The molecule has 1 aliphatic heterocycles. The van der Waals surface area contributed by atoms with Crippen LogP contribution in [0.3, 0.4) is 0 Å². The van der Waals surface area contributed by atoms with Gasteiger partial charge >= 0.3 is 13.2 Å². The van der Waals surface area contributed by atoms with Crippen molar-refractivity contribution < 1.29 is 19.2 Å². The van der Waals surface area contributed by atoms with Gasteiger partial charge in [0.2, 0.25) is 0 Å². The smallest absolute Gasteiger partial charge is 0.465 e. The molecule has 138 valence electrons. The summed E-state index contributed by atoms with van der Waals surface area (Å²) in [6.45, 7) is 16.2. The number of benzene rings is 1. The normalized spacial score (nSPS) is 19.1. The monoisotopic (exact) mass is 347 g/mol. The van der Waals surface area contributed by atoms with Gasteiger partial charge in [-0.3, -0.25) is 4.90 Å². The minimum Gasteiger partial charge on any atom is -0.465 e. The van der Waals surface area contributed by atoms with Crippen LogP contribution in [-0.2, 0) is 15.9 Å². The fraction of sp³-hybridized carbons (Fsp3) is 0.632. The highest BCUT2D eigenvalue weighted by Gasteiger charge is 2.51. The molecule has 0 unspecified atom stereocenters. The Balaban J connectivity index is 2.23. The Hall–Kier alpha value is -1.53. The molecule has 6 heteroatoms. The van der Waals surface area contributed by atoms with E-state index in [0.717, 1.165) is 16.6 Å². The molecule has 0 aromatic heterocycles. The average molecular weight is 347 g/mol. The van der Waals surface area contributed by atoms with E-state index in [2.05, 4.69) is 0 Å². The Kier molecular flexibility index (Phi) is 5.01. The van der Waals surface area contributed by atoms with Crippen LogP contribution >= 0.6 is 0 Å². The minimum atomic E-state index is -0.915. The highest BCUT2D eigenvalue weighted by Crippen LogP contribution is 2.36. The van der Waals surface area contributed by atoms with Gasteiger partial charge in [-0.15, -0.1) is 0 Å². The Morgan fingerprint density at radius 2 is 1.68 bits per heavy atom. The van der Waals surface area contributed by atoms with Crippen molar-refractivity contribution >= 4 is 18.7 Å². The van der Waals surface area contributed by atoms with Gasteiger partial charge in [0.05, 0.1) is 11.2 Å². The van der Waals surface area contributed by atoms with E-state index >= 15 is 0 Å². The van der Waals surface area contributed by atoms with E-state index in [-0.39, 0.29) is 11.2 Å². The van der Waals surface area contributed by atoms with Gasteiger partial charge in [-0.2, -0.15) is 0 Å². The number of carbonyl (C=O) groups is 1. The number of nitrogens with zero attached hydrogens (tertiary/aromatic N) is 1. The molecular weight excluding hydrogens is 317 g/mol. The van der Waals surface area contributed by atoms with Crippen LogP contribution in [0.1, 0.15) is 59.6 Å². The number of carboxylic acid groups (broad SMARTS) is 1. The largest absolute Gasteiger partial charge is 0.494 e. The standard InChI is InChI=1S/C19H30BNO4/c1-13-11-15(20-24-18(5,6)19(7,8)25-20)10-9-14(13)12-21(16(22)23)17(2,3)4/h9-11H,12H2,1-8H3,(H,22,23). The van der Waals surface area contributed by atoms with E-state index in [1.165, 1.54) is 4.90 Å². The maximum absolute atomic E-state index is 11.6. The van der Waals surface area contributed by atoms with E-state index < -0.39 is 18.8 Å². The predicted octanol–water partition coefficient (Wildman–Crippen LogP) is 3.57. The molecule has 1 saturated heterocycles. The van der Waals surface area contributed by atoms with Crippen molar-refractivity contribution in [2.75, 3.05) is 0 Å². The molecule has 0 saturated carbocycles. The SMILES string of the molecule is Cc1cc(B2OC(C)(C)C(C)(C)O2)ccc1CN(C(=O)O)C(C)(C)C. The highest BCUT2D eigenvalue weighted by molar-refractivity contribution is 6.62. The van der Waals surface area contributed by atoms with Gasteiger partial charge < -0.3 is 14.4 Å². The summed E-state index contributed by atoms with van der Waals surface area (Å²) in [4.78, 5) is 13.0. The molecule has 0 radical (unpaired) electrons. The minimum absolute atomic E-state index is 0.355. The van der Waals surface area contributed by atoms with Crippen LogP contribution in [-0.4, -0.2) is 40.0 Å². The summed E-state index contributed by atoms with van der Waals surface area (Å²) in [6, 6.07) is 5.96. The van der Waals surface area contributed by atoms with Gasteiger partial charge in [-0.05, 0) is 72.0 Å². The van der Waals surface area contributed by atoms with E-state index in [4.69, 9.17) is 9.31 Å². The van der Waals surface area contributed by atoms with Crippen molar-refractivity contribution in [1.29, 1.82) is 0 Å². The summed E-state index contributed by atoms with van der Waals surface area (Å²) in [5.74, 6) is 0. The molecule has 1 aromatic carbocycles. The molecule has 25 heavy (non-hydrogen) atoms. The molecule has 0 bridgehead atoms. The molecule has 0 spiro atoms. The topological polar surface area (TPSA) is 59.0 Å². The Morgan fingerprint density at radius 3 is 2.08 bits per heavy atom. The van der Waals surface area contributed by atoms with Gasteiger partial charge in [0.1, 0.15) is 0 Å². The van der Waals surface area contributed by atoms with Gasteiger partial charge in [0, 0.05) is 12.1 Å². The number of aryl methyl sites for hydroxylation is 1. The van der Waals surface area contributed by atoms with Crippen molar-refractivity contribution in [1.82, 2.24) is 4.90 Å². The zero-order valence-electron chi connectivity index (χ0n) is 16.6. The Labute approximate surface area is 151 Å². The number of rotatable bonds is 3. The van der Waals surface area contributed by atoms with Crippen LogP contribution in [0.2, 0.25) is 0 Å². The summed E-state index contributed by atoms with van der Waals surface area (Å²) in [5.41, 5.74) is 1.76. The van der Waals surface area contributed by atoms with Crippen LogP contribution in [0.25, 0.3) is 0 Å². The van der Waals surface area contributed by atoms with Crippen molar-refractivity contribution in [2.45, 2.75) is 78.7 Å². The third-order valence-electron chi connectivity index (χ3n) is 5.26. The van der Waals surface area contributed by atoms with Crippen molar-refractivity contribution in [2.24, 2.45) is 0 Å². The second-order valence-electron chi connectivity index (χ2n) is 8.81. The zero-order valence-corrected chi connectivity index (χ0v) is 16.6. The van der Waals surface area contributed by atoms with E-state index in [1.54, 1.807) is 0 Å². The van der Waals surface area contributed by atoms with Crippen LogP contribution < -0.4 is 5.46 Å². The number of hydrogen-bond donors (Lipinski definition) is 1. The van der Waals surface area contributed by atoms with E-state index in [9.17, 15) is 9.90 Å². The van der Waals surface area contributed by atoms with Crippen LogP contribution in [0.15, 0.2) is 18.2 Å². The summed E-state index contributed by atoms with van der Waals surface area (Å²) < 4.78 is 12.2. The van der Waals surface area contributed by atoms with Gasteiger partial charge in [-0.25, -0.2) is 4.79 Å². The lowest BCUT2D eigenvalue weighted by Gasteiger charge is -2.33. The maximum Gasteiger partial charge on any atom is 0.494 e. The summed E-state index contributed by atoms with van der Waals surface area (Å²) in [7, 11) is -0.407. The van der Waals surface area contributed by atoms with Gasteiger partial charge in [-0.1, -0.05) is 18.2 Å². The molecule has 1 aromatic rings. The molecule has 1 aliphatic rings. The van der Waals surface area contributed by atoms with E-state index in [0.29, 0.717) is 6.54 Å². The van der Waals surface area contributed by atoms with Crippen LogP contribution in [0, 0.1) is 6.92 Å². The van der Waals surface area contributed by atoms with Gasteiger partial charge in [0.25, 0.3) is 0 Å². The first kappa shape index (κ1) is 19.8. The lowest BCUT2D eigenvalue weighted by atomic mass is 9.78. The van der Waals surface area contributed by atoms with Gasteiger partial charge in [0.15, 0.2) is 0 Å². The third-order valence-corrected chi connectivity index (χ3v) is 5.26. The molecule has 1 amide bonds. The second-order valence-corrected chi connectivity index (χ2v) is 8.81. The first-order valence-electron chi connectivity index (χ1n) is 8.70. The van der Waals surface area contributed by atoms with Crippen molar-refractivity contribution in [3.05, 3.63) is 29.3 Å². The molecule has 0 aliphatic carbocycles. The van der Waals surface area contributed by atoms with Crippen LogP contribution in [0.5, 0.6) is 0 Å². The fourth-order valence-corrected chi connectivity index (χ4v) is 2.78. The predicted molar refractivity (Wildman–Crippen MR) is 100 cm³/mol. The summed E-state index contributed by atoms with van der Waals surface area (Å²) >= 11 is 0. The second kappa shape index (κ2) is 6.33. The average Bonchev–Trinajstić information content (AvgIpc) is 2.64. The fourth-order valence-electron chi connectivity index (χ4n) is 2.78. The quantitative estimate of drug-likeness (QED) is 0.850. The molecule has 1 fully saturated rings. The molecule has 1 N–H and O–H groups in total. The maximum atomic E-state index is 11.6. The van der Waals surface area contributed by atoms with E-state index in [1.807, 2.05) is 73.6 Å². The first-order valence-corrected chi connectivity index (χ1v) is 8.70. The third kappa shape index (κ3) is 4.01. The molecule has 1 heterocycles. The Bertz CT molecular complexity index is 648.